The van der Waals surface area contributed by atoms with E-state index in [1.165, 1.54) is 24.5 Å². The molecule has 1 heterocycles. The number of aromatic nitrogens is 1. The number of carbonyl (C=O) groups excluding carboxylic acids is 2. The number of Topliss-reactive ketones (excluding diaryl/α,β-unsaturated/α-hetero) is 1. The highest BCUT2D eigenvalue weighted by Crippen LogP contribution is 2.34. The van der Waals surface area contributed by atoms with E-state index in [9.17, 15) is 9.59 Å². The monoisotopic (exact) mass is 321 g/mol. The van der Waals surface area contributed by atoms with Gasteiger partial charge in [0.15, 0.2) is 5.76 Å². The lowest BCUT2D eigenvalue weighted by Gasteiger charge is -2.08. The van der Waals surface area contributed by atoms with Crippen LogP contribution in [0, 0.1) is 0 Å². The number of hydrogen-bond donors (Lipinski definition) is 0. The van der Waals surface area contributed by atoms with Crippen LogP contribution in [0.3, 0.4) is 0 Å². The van der Waals surface area contributed by atoms with Crippen molar-refractivity contribution in [2.45, 2.75) is 0 Å². The Hall–Kier alpha value is -2.79. The number of fused-ring (bicyclic) bond motifs is 2. The Balaban J connectivity index is 1.84. The normalized spacial score (nSPS) is 13.9. The number of methoxy groups -OCH3 is 1. The molecule has 23 heavy (non-hydrogen) atoms. The first-order valence-electron chi connectivity index (χ1n) is 7.02. The zero-order valence-corrected chi connectivity index (χ0v) is 13.0. The van der Waals surface area contributed by atoms with Crippen LogP contribution in [-0.4, -0.2) is 23.7 Å². The molecule has 1 aromatic heterocycles. The average molecular weight is 321 g/mol. The zero-order valence-electron chi connectivity index (χ0n) is 12.2. The number of ketones is 2. The second-order valence-corrected chi connectivity index (χ2v) is 6.16. The molecule has 4 rings (SSSR count). The number of rotatable bonds is 2. The summed E-state index contributed by atoms with van der Waals surface area (Å²) >= 11 is 1.23. The molecule has 112 valence electrons. The lowest BCUT2D eigenvalue weighted by atomic mass is 10.1. The average Bonchev–Trinajstić information content (AvgIpc) is 3.04. The summed E-state index contributed by atoms with van der Waals surface area (Å²) in [6.45, 7) is 0. The van der Waals surface area contributed by atoms with Crippen LogP contribution in [0.1, 0.15) is 20.2 Å². The summed E-state index contributed by atoms with van der Waals surface area (Å²) in [6.07, 6.45) is 1.20. The fourth-order valence-electron chi connectivity index (χ4n) is 2.60. The largest absolute Gasteiger partial charge is 0.492 e. The molecule has 5 heteroatoms. The Morgan fingerprint density at radius 1 is 1.04 bits per heavy atom. The molecule has 0 saturated heterocycles. The van der Waals surface area contributed by atoms with Gasteiger partial charge in [-0.2, -0.15) is 0 Å². The fourth-order valence-corrected chi connectivity index (χ4v) is 3.61. The van der Waals surface area contributed by atoms with Gasteiger partial charge in [0, 0.05) is 11.6 Å². The van der Waals surface area contributed by atoms with Gasteiger partial charge in [-0.25, -0.2) is 4.98 Å². The van der Waals surface area contributed by atoms with Crippen molar-refractivity contribution < 1.29 is 14.3 Å². The van der Waals surface area contributed by atoms with E-state index in [1.807, 2.05) is 42.5 Å². The molecule has 0 spiro atoms. The molecule has 0 bridgehead atoms. The smallest absolute Gasteiger partial charge is 0.240 e. The minimum Gasteiger partial charge on any atom is -0.492 e. The molecular formula is C18H11NO3S. The Morgan fingerprint density at radius 2 is 1.83 bits per heavy atom. The Labute approximate surface area is 136 Å². The van der Waals surface area contributed by atoms with Crippen molar-refractivity contribution >= 4 is 33.7 Å². The molecule has 0 unspecified atom stereocenters. The summed E-state index contributed by atoms with van der Waals surface area (Å²) in [5.41, 5.74) is 1.10. The van der Waals surface area contributed by atoms with Crippen LogP contribution >= 0.6 is 11.3 Å². The molecule has 1 aliphatic rings. The van der Waals surface area contributed by atoms with Crippen LogP contribution in [-0.2, 0) is 4.74 Å². The molecule has 2 aromatic carbocycles. The van der Waals surface area contributed by atoms with E-state index in [2.05, 4.69) is 4.98 Å². The van der Waals surface area contributed by atoms with Crippen LogP contribution < -0.4 is 0 Å². The standard InChI is InChI=1S/C18H11NO3S/c1-22-14-9-13(20)15-17(16(14)21)23-18(19-15)12-7-6-10-4-2-3-5-11(10)8-12/h2-9H,1H3. The molecule has 0 aliphatic heterocycles. The highest BCUT2D eigenvalue weighted by Gasteiger charge is 2.31. The second-order valence-electron chi connectivity index (χ2n) is 5.16. The minimum atomic E-state index is -0.292. The second kappa shape index (κ2) is 5.14. The summed E-state index contributed by atoms with van der Waals surface area (Å²) in [4.78, 5) is 29.1. The van der Waals surface area contributed by atoms with Gasteiger partial charge < -0.3 is 4.74 Å². The maximum atomic E-state index is 12.3. The number of hydrogen-bond acceptors (Lipinski definition) is 5. The highest BCUT2D eigenvalue weighted by atomic mass is 32.1. The highest BCUT2D eigenvalue weighted by molar-refractivity contribution is 7.17. The number of carbonyl (C=O) groups is 2. The molecule has 0 amide bonds. The van der Waals surface area contributed by atoms with Crippen molar-refractivity contribution in [2.75, 3.05) is 7.11 Å². The van der Waals surface area contributed by atoms with Crippen molar-refractivity contribution in [3.8, 4) is 10.6 Å². The molecule has 0 fully saturated rings. The molecule has 1 aliphatic carbocycles. The maximum Gasteiger partial charge on any atom is 0.240 e. The number of ether oxygens (including phenoxy) is 1. The quantitative estimate of drug-likeness (QED) is 0.719. The number of thiazole rings is 1. The summed E-state index contributed by atoms with van der Waals surface area (Å²) in [6, 6.07) is 14.0. The zero-order chi connectivity index (χ0) is 16.0. The molecule has 4 nitrogen and oxygen atoms in total. The van der Waals surface area contributed by atoms with Gasteiger partial charge >= 0.3 is 0 Å². The van der Waals surface area contributed by atoms with Crippen LogP contribution in [0.25, 0.3) is 21.3 Å². The Morgan fingerprint density at radius 3 is 2.61 bits per heavy atom. The van der Waals surface area contributed by atoms with E-state index in [0.29, 0.717) is 9.88 Å². The van der Waals surface area contributed by atoms with Crippen LogP contribution in [0.4, 0.5) is 0 Å². The SMILES string of the molecule is COC1=CC(=O)c2nc(-c3ccc4ccccc4c3)sc2C1=O. The molecule has 3 aromatic rings. The predicted octanol–water partition coefficient (Wildman–Crippen LogP) is 3.87. The summed E-state index contributed by atoms with van der Waals surface area (Å²) in [5.74, 6) is -0.511. The first-order valence-corrected chi connectivity index (χ1v) is 7.84. The molecule has 0 N–H and O–H groups in total. The van der Waals surface area contributed by atoms with E-state index < -0.39 is 0 Å². The van der Waals surface area contributed by atoms with Crippen molar-refractivity contribution in [3.05, 3.63) is 64.9 Å². The van der Waals surface area contributed by atoms with Gasteiger partial charge in [0.1, 0.15) is 15.6 Å². The van der Waals surface area contributed by atoms with Crippen LogP contribution in [0.15, 0.2) is 54.3 Å². The molecule has 0 saturated carbocycles. The summed E-state index contributed by atoms with van der Waals surface area (Å²) in [7, 11) is 1.38. The number of nitrogens with zero attached hydrogens (tertiary/aromatic N) is 1. The van der Waals surface area contributed by atoms with Crippen LogP contribution in [0.2, 0.25) is 0 Å². The molecule has 0 radical (unpaired) electrons. The third-order valence-electron chi connectivity index (χ3n) is 3.77. The lowest BCUT2D eigenvalue weighted by molar-refractivity contribution is 0.0919. The predicted molar refractivity (Wildman–Crippen MR) is 88.8 cm³/mol. The summed E-state index contributed by atoms with van der Waals surface area (Å²) in [5, 5.41) is 2.88. The van der Waals surface area contributed by atoms with Crippen molar-refractivity contribution in [1.82, 2.24) is 4.98 Å². The van der Waals surface area contributed by atoms with Crippen molar-refractivity contribution in [1.29, 1.82) is 0 Å². The van der Waals surface area contributed by atoms with Gasteiger partial charge in [0.2, 0.25) is 11.6 Å². The van der Waals surface area contributed by atoms with Gasteiger partial charge in [-0.1, -0.05) is 36.4 Å². The van der Waals surface area contributed by atoms with E-state index in [4.69, 9.17) is 4.74 Å². The number of allylic oxidation sites excluding steroid dienone is 2. The minimum absolute atomic E-state index is 0.0659. The molecule has 0 atom stereocenters. The van der Waals surface area contributed by atoms with Gasteiger partial charge in [-0.3, -0.25) is 9.59 Å². The Bertz CT molecular complexity index is 1000. The van der Waals surface area contributed by atoms with Gasteiger partial charge in [0.05, 0.1) is 7.11 Å². The summed E-state index contributed by atoms with van der Waals surface area (Å²) < 4.78 is 4.97. The fraction of sp³-hybridized carbons (Fsp3) is 0.0556. The van der Waals surface area contributed by atoms with E-state index in [1.54, 1.807) is 0 Å². The van der Waals surface area contributed by atoms with Gasteiger partial charge in [0.25, 0.3) is 0 Å². The topological polar surface area (TPSA) is 56.3 Å². The lowest BCUT2D eigenvalue weighted by Crippen LogP contribution is -2.16. The molecular weight excluding hydrogens is 310 g/mol. The first-order chi connectivity index (χ1) is 11.2. The van der Waals surface area contributed by atoms with Crippen molar-refractivity contribution in [2.24, 2.45) is 0 Å². The number of benzene rings is 2. The third kappa shape index (κ3) is 2.17. The van der Waals surface area contributed by atoms with Crippen LogP contribution in [0.5, 0.6) is 0 Å². The Kier molecular flexibility index (Phi) is 3.09. The third-order valence-corrected chi connectivity index (χ3v) is 4.87. The van der Waals surface area contributed by atoms with Gasteiger partial charge in [-0.15, -0.1) is 11.3 Å². The first kappa shape index (κ1) is 13.8. The van der Waals surface area contributed by atoms with E-state index in [-0.39, 0.29) is 23.0 Å². The van der Waals surface area contributed by atoms with E-state index in [0.717, 1.165) is 16.3 Å². The van der Waals surface area contributed by atoms with Gasteiger partial charge in [-0.05, 0) is 16.8 Å². The maximum absolute atomic E-state index is 12.3. The van der Waals surface area contributed by atoms with E-state index >= 15 is 0 Å². The van der Waals surface area contributed by atoms with Crippen molar-refractivity contribution in [3.63, 3.8) is 0 Å².